The van der Waals surface area contributed by atoms with Gasteiger partial charge in [-0.05, 0) is 31.2 Å². The van der Waals surface area contributed by atoms with Crippen LogP contribution in [0.15, 0.2) is 41.5 Å². The van der Waals surface area contributed by atoms with Crippen molar-refractivity contribution in [2.24, 2.45) is 12.1 Å². The fourth-order valence-electron chi connectivity index (χ4n) is 3.08. The van der Waals surface area contributed by atoms with E-state index in [1.165, 1.54) is 17.7 Å². The standard InChI is InChI=1S/C21H17Cl2N5O6/c1-10(17-19(29)18(27(2)26-17)11-5-7-14(22)15(23)8-11)24-25-20(30)12-4-6-13(21(31)34-3)16(9-12)28(32)33/h4-9,29H,1-3H3,(H,25,30). The topological polar surface area (TPSA) is 149 Å². The molecule has 0 saturated heterocycles. The van der Waals surface area contributed by atoms with Crippen LogP contribution in [-0.4, -0.2) is 44.5 Å². The average molecular weight is 506 g/mol. The lowest BCUT2D eigenvalue weighted by Gasteiger charge is -2.05. The molecule has 0 aliphatic heterocycles. The first-order valence-electron chi connectivity index (χ1n) is 9.48. The summed E-state index contributed by atoms with van der Waals surface area (Å²) in [5, 5.41) is 30.8. The van der Waals surface area contributed by atoms with Gasteiger partial charge in [0.2, 0.25) is 0 Å². The number of benzene rings is 2. The van der Waals surface area contributed by atoms with E-state index in [-0.39, 0.29) is 28.3 Å². The number of aromatic nitrogens is 2. The van der Waals surface area contributed by atoms with Crippen molar-refractivity contribution in [1.29, 1.82) is 0 Å². The zero-order valence-electron chi connectivity index (χ0n) is 18.0. The lowest BCUT2D eigenvalue weighted by atomic mass is 10.1. The molecule has 3 aromatic rings. The van der Waals surface area contributed by atoms with Crippen LogP contribution in [0.5, 0.6) is 5.75 Å². The van der Waals surface area contributed by atoms with Gasteiger partial charge in [-0.1, -0.05) is 29.3 Å². The van der Waals surface area contributed by atoms with Gasteiger partial charge in [0.05, 0.1) is 27.8 Å². The molecule has 34 heavy (non-hydrogen) atoms. The lowest BCUT2D eigenvalue weighted by molar-refractivity contribution is -0.385. The molecule has 0 radical (unpaired) electrons. The number of halogens is 2. The minimum atomic E-state index is -0.907. The summed E-state index contributed by atoms with van der Waals surface area (Å²) in [4.78, 5) is 34.7. The molecule has 0 aliphatic carbocycles. The number of nitro benzene ring substituents is 1. The normalized spacial score (nSPS) is 11.3. The van der Waals surface area contributed by atoms with E-state index in [9.17, 15) is 24.8 Å². The molecule has 13 heteroatoms. The van der Waals surface area contributed by atoms with Gasteiger partial charge in [-0.2, -0.15) is 10.2 Å². The zero-order chi connectivity index (χ0) is 25.2. The first kappa shape index (κ1) is 24.7. The smallest absolute Gasteiger partial charge is 0.344 e. The molecule has 11 nitrogen and oxygen atoms in total. The highest BCUT2D eigenvalue weighted by Crippen LogP contribution is 2.35. The number of rotatable bonds is 6. The fourth-order valence-corrected chi connectivity index (χ4v) is 3.38. The van der Waals surface area contributed by atoms with Crippen molar-refractivity contribution in [3.8, 4) is 17.0 Å². The van der Waals surface area contributed by atoms with Crippen LogP contribution in [0.1, 0.15) is 33.3 Å². The molecule has 0 bridgehead atoms. The van der Waals surface area contributed by atoms with Crippen molar-refractivity contribution in [1.82, 2.24) is 15.2 Å². The van der Waals surface area contributed by atoms with Crippen LogP contribution in [0, 0.1) is 10.1 Å². The Morgan fingerprint density at radius 2 is 1.91 bits per heavy atom. The van der Waals surface area contributed by atoms with Gasteiger partial charge in [0.25, 0.3) is 11.6 Å². The van der Waals surface area contributed by atoms with Crippen molar-refractivity contribution < 1.29 is 24.4 Å². The Morgan fingerprint density at radius 3 is 2.53 bits per heavy atom. The Balaban J connectivity index is 1.87. The van der Waals surface area contributed by atoms with Crippen molar-refractivity contribution in [3.05, 3.63) is 73.4 Å². The summed E-state index contributed by atoms with van der Waals surface area (Å²) in [6.07, 6.45) is 0. The number of nitrogens with one attached hydrogen (secondary N) is 1. The predicted octanol–water partition coefficient (Wildman–Crippen LogP) is 3.95. The molecule has 0 fully saturated rings. The van der Waals surface area contributed by atoms with Crippen LogP contribution in [0.2, 0.25) is 10.0 Å². The summed E-state index contributed by atoms with van der Waals surface area (Å²) in [5.41, 5.74) is 2.42. The summed E-state index contributed by atoms with van der Waals surface area (Å²) in [5.74, 6) is -1.88. The minimum absolute atomic E-state index is 0.0934. The van der Waals surface area contributed by atoms with Gasteiger partial charge in [0.15, 0.2) is 11.4 Å². The van der Waals surface area contributed by atoms with E-state index in [1.807, 2.05) is 0 Å². The molecule has 0 unspecified atom stereocenters. The van der Waals surface area contributed by atoms with E-state index < -0.39 is 22.5 Å². The Kier molecular flexibility index (Phi) is 7.18. The molecule has 0 saturated carbocycles. The molecule has 2 N–H and O–H groups in total. The van der Waals surface area contributed by atoms with Gasteiger partial charge in [0.1, 0.15) is 11.3 Å². The molecule has 0 atom stereocenters. The van der Waals surface area contributed by atoms with Crippen LogP contribution in [0.3, 0.4) is 0 Å². The van der Waals surface area contributed by atoms with E-state index in [2.05, 4.69) is 20.4 Å². The van der Waals surface area contributed by atoms with E-state index in [1.54, 1.807) is 25.2 Å². The number of hydrogen-bond donors (Lipinski definition) is 2. The highest BCUT2D eigenvalue weighted by Gasteiger charge is 2.24. The predicted molar refractivity (Wildman–Crippen MR) is 124 cm³/mol. The Hall–Kier alpha value is -3.96. The maximum Gasteiger partial charge on any atom is 0.344 e. The summed E-state index contributed by atoms with van der Waals surface area (Å²) in [7, 11) is 2.69. The maximum absolute atomic E-state index is 12.5. The monoisotopic (exact) mass is 505 g/mol. The molecule has 1 heterocycles. The Morgan fingerprint density at radius 1 is 1.21 bits per heavy atom. The first-order valence-corrected chi connectivity index (χ1v) is 10.2. The molecule has 1 amide bonds. The summed E-state index contributed by atoms with van der Waals surface area (Å²) < 4.78 is 5.93. The number of aryl methyl sites for hydroxylation is 1. The van der Waals surface area contributed by atoms with Crippen LogP contribution < -0.4 is 5.43 Å². The molecule has 0 spiro atoms. The van der Waals surface area contributed by atoms with Gasteiger partial charge in [-0.15, -0.1) is 0 Å². The lowest BCUT2D eigenvalue weighted by Crippen LogP contribution is -2.20. The number of hydrogen-bond acceptors (Lipinski definition) is 8. The number of amides is 1. The minimum Gasteiger partial charge on any atom is -0.504 e. The third kappa shape index (κ3) is 4.85. The van der Waals surface area contributed by atoms with E-state index in [0.717, 1.165) is 19.2 Å². The van der Waals surface area contributed by atoms with Crippen LogP contribution in [0.4, 0.5) is 5.69 Å². The number of ether oxygens (including phenoxy) is 1. The molecule has 1 aromatic heterocycles. The maximum atomic E-state index is 12.5. The SMILES string of the molecule is COC(=O)c1ccc(C(=O)NN=C(C)c2nn(C)c(-c3ccc(Cl)c(Cl)c3)c2O)cc1[N+](=O)[O-]. The summed E-state index contributed by atoms with van der Waals surface area (Å²) in [6, 6.07) is 8.09. The zero-order valence-corrected chi connectivity index (χ0v) is 19.5. The summed E-state index contributed by atoms with van der Waals surface area (Å²) in [6.45, 7) is 1.50. The van der Waals surface area contributed by atoms with E-state index in [0.29, 0.717) is 21.3 Å². The number of nitro groups is 1. The Bertz CT molecular complexity index is 1350. The van der Waals surface area contributed by atoms with Gasteiger partial charge in [-0.25, -0.2) is 10.2 Å². The highest BCUT2D eigenvalue weighted by molar-refractivity contribution is 6.42. The quantitative estimate of drug-likeness (QED) is 0.223. The van der Waals surface area contributed by atoms with Crippen molar-refractivity contribution in [3.63, 3.8) is 0 Å². The first-order chi connectivity index (χ1) is 16.0. The second-order valence-corrected chi connectivity index (χ2v) is 7.73. The van der Waals surface area contributed by atoms with Crippen molar-refractivity contribution in [2.75, 3.05) is 7.11 Å². The second kappa shape index (κ2) is 9.89. The fraction of sp³-hybridized carbons (Fsp3) is 0.143. The van der Waals surface area contributed by atoms with E-state index >= 15 is 0 Å². The molecular weight excluding hydrogens is 489 g/mol. The summed E-state index contributed by atoms with van der Waals surface area (Å²) >= 11 is 12.0. The largest absolute Gasteiger partial charge is 0.504 e. The van der Waals surface area contributed by atoms with Crippen molar-refractivity contribution >= 4 is 46.5 Å². The van der Waals surface area contributed by atoms with Gasteiger partial charge in [-0.3, -0.25) is 19.6 Å². The van der Waals surface area contributed by atoms with Crippen molar-refractivity contribution in [2.45, 2.75) is 6.92 Å². The van der Waals surface area contributed by atoms with Gasteiger partial charge >= 0.3 is 5.97 Å². The third-order valence-electron chi connectivity index (χ3n) is 4.75. The number of carbonyl (C=O) groups excluding carboxylic acids is 2. The van der Waals surface area contributed by atoms with Gasteiger partial charge in [0, 0.05) is 24.2 Å². The third-order valence-corrected chi connectivity index (χ3v) is 5.48. The Labute approximate surface area is 202 Å². The van der Waals surface area contributed by atoms with Crippen LogP contribution >= 0.6 is 23.2 Å². The molecule has 176 valence electrons. The number of esters is 1. The average Bonchev–Trinajstić information content (AvgIpc) is 3.11. The molecule has 3 rings (SSSR count). The molecule has 2 aromatic carbocycles. The number of nitrogens with zero attached hydrogens (tertiary/aromatic N) is 4. The number of methoxy groups -OCH3 is 1. The van der Waals surface area contributed by atoms with Crippen LogP contribution in [0.25, 0.3) is 11.3 Å². The van der Waals surface area contributed by atoms with Gasteiger partial charge < -0.3 is 9.84 Å². The highest BCUT2D eigenvalue weighted by atomic mass is 35.5. The number of hydrazone groups is 1. The van der Waals surface area contributed by atoms with E-state index in [4.69, 9.17) is 23.2 Å². The molecule has 0 aliphatic rings. The second-order valence-electron chi connectivity index (χ2n) is 6.92. The number of carbonyl (C=O) groups is 2. The number of aromatic hydroxyl groups is 1. The van der Waals surface area contributed by atoms with Crippen LogP contribution in [-0.2, 0) is 11.8 Å². The molecular formula is C21H17Cl2N5O6.